The minimum atomic E-state index is 0.323. The van der Waals surface area contributed by atoms with E-state index in [4.69, 9.17) is 0 Å². The van der Waals surface area contributed by atoms with Crippen LogP contribution in [0.1, 0.15) is 25.5 Å². The summed E-state index contributed by atoms with van der Waals surface area (Å²) >= 11 is 2.21. The molecule has 0 spiro atoms. The molecule has 1 atom stereocenters. The maximum atomic E-state index is 4.31. The number of hydrogen-bond acceptors (Lipinski definition) is 4. The average Bonchev–Trinajstić information content (AvgIpc) is 2.54. The summed E-state index contributed by atoms with van der Waals surface area (Å²) in [5.74, 6) is 0.684. The predicted octanol–water partition coefficient (Wildman–Crippen LogP) is 3.58. The Bertz CT molecular complexity index is 526. The number of nitrogens with zero attached hydrogens (tertiary/aromatic N) is 3. The summed E-state index contributed by atoms with van der Waals surface area (Å²) in [5.41, 5.74) is 1.32. The number of aromatic nitrogens is 2. The molecular formula is C16H21IN4. The average molecular weight is 396 g/mol. The van der Waals surface area contributed by atoms with Crippen molar-refractivity contribution < 1.29 is 0 Å². The van der Waals surface area contributed by atoms with Gasteiger partial charge >= 0.3 is 0 Å². The van der Waals surface area contributed by atoms with E-state index in [1.165, 1.54) is 5.56 Å². The minimum Gasteiger partial charge on any atom is -0.352 e. The van der Waals surface area contributed by atoms with Crippen LogP contribution < -0.4 is 5.32 Å². The van der Waals surface area contributed by atoms with Gasteiger partial charge in [0.15, 0.2) is 0 Å². The van der Waals surface area contributed by atoms with Crippen molar-refractivity contribution in [1.29, 1.82) is 0 Å². The van der Waals surface area contributed by atoms with Crippen LogP contribution in [0.25, 0.3) is 0 Å². The molecule has 5 heteroatoms. The van der Waals surface area contributed by atoms with E-state index >= 15 is 0 Å². The van der Waals surface area contributed by atoms with Crippen LogP contribution in [-0.4, -0.2) is 34.5 Å². The Kier molecular flexibility index (Phi) is 6.38. The molecule has 1 N–H and O–H groups in total. The lowest BCUT2D eigenvalue weighted by Crippen LogP contribution is -2.33. The van der Waals surface area contributed by atoms with Crippen LogP contribution >= 0.6 is 22.6 Å². The fourth-order valence-electron chi connectivity index (χ4n) is 2.39. The van der Waals surface area contributed by atoms with Gasteiger partial charge in [-0.05, 0) is 41.2 Å². The summed E-state index contributed by atoms with van der Waals surface area (Å²) in [5, 5.41) is 3.35. The molecule has 0 aliphatic rings. The zero-order valence-corrected chi connectivity index (χ0v) is 14.6. The number of halogens is 1. The number of rotatable bonds is 7. The molecule has 0 saturated heterocycles. The third-order valence-corrected chi connectivity index (χ3v) is 4.07. The van der Waals surface area contributed by atoms with E-state index in [2.05, 4.69) is 87.0 Å². The highest BCUT2D eigenvalue weighted by molar-refractivity contribution is 14.1. The molecule has 0 aliphatic carbocycles. The van der Waals surface area contributed by atoms with Crippen molar-refractivity contribution in [3.63, 3.8) is 0 Å². The van der Waals surface area contributed by atoms with Crippen molar-refractivity contribution in [3.05, 3.63) is 51.9 Å². The lowest BCUT2D eigenvalue weighted by atomic mass is 10.1. The number of hydrogen-bond donors (Lipinski definition) is 1. The Balaban J connectivity index is 2.10. The molecule has 21 heavy (non-hydrogen) atoms. The van der Waals surface area contributed by atoms with Crippen LogP contribution in [0.4, 0.5) is 5.95 Å². The normalized spacial score (nSPS) is 12.4. The van der Waals surface area contributed by atoms with E-state index in [9.17, 15) is 0 Å². The number of anilines is 1. The van der Waals surface area contributed by atoms with Crippen molar-refractivity contribution in [2.75, 3.05) is 25.0 Å². The Morgan fingerprint density at radius 2 is 1.71 bits per heavy atom. The molecule has 0 bridgehead atoms. The quantitative estimate of drug-likeness (QED) is 0.727. The number of benzene rings is 1. The summed E-state index contributed by atoms with van der Waals surface area (Å²) in [6.45, 7) is 7.23. The summed E-state index contributed by atoms with van der Waals surface area (Å²) < 4.78 is 1.04. The third kappa shape index (κ3) is 4.64. The van der Waals surface area contributed by atoms with Gasteiger partial charge in [0.2, 0.25) is 5.95 Å². The minimum absolute atomic E-state index is 0.323. The highest BCUT2D eigenvalue weighted by atomic mass is 127. The van der Waals surface area contributed by atoms with Gasteiger partial charge in [-0.2, -0.15) is 0 Å². The first-order valence-corrected chi connectivity index (χ1v) is 8.32. The maximum Gasteiger partial charge on any atom is 0.222 e. The van der Waals surface area contributed by atoms with Gasteiger partial charge in [0.1, 0.15) is 0 Å². The topological polar surface area (TPSA) is 41.0 Å². The molecule has 1 unspecified atom stereocenters. The van der Waals surface area contributed by atoms with Crippen LogP contribution in [0.15, 0.2) is 42.7 Å². The standard InChI is InChI=1S/C16H21IN4/c1-3-21(4-2)15(13-8-6-5-7-9-13)12-20-16-18-10-14(17)11-19-16/h5-11,15H,3-4,12H2,1-2H3,(H,18,19,20). The van der Waals surface area contributed by atoms with E-state index in [0.29, 0.717) is 12.0 Å². The molecule has 112 valence electrons. The van der Waals surface area contributed by atoms with Crippen molar-refractivity contribution in [2.45, 2.75) is 19.9 Å². The molecule has 1 aromatic heterocycles. The summed E-state index contributed by atoms with van der Waals surface area (Å²) in [4.78, 5) is 11.1. The summed E-state index contributed by atoms with van der Waals surface area (Å²) in [7, 11) is 0. The molecular weight excluding hydrogens is 375 g/mol. The Hall–Kier alpha value is -1.21. The van der Waals surface area contributed by atoms with E-state index in [1.54, 1.807) is 0 Å². The van der Waals surface area contributed by atoms with E-state index in [0.717, 1.165) is 23.2 Å². The Labute approximate surface area is 140 Å². The van der Waals surface area contributed by atoms with Gasteiger partial charge in [-0.1, -0.05) is 44.2 Å². The first-order valence-electron chi connectivity index (χ1n) is 7.25. The molecule has 4 nitrogen and oxygen atoms in total. The van der Waals surface area contributed by atoms with Crippen molar-refractivity contribution >= 4 is 28.5 Å². The van der Waals surface area contributed by atoms with Crippen molar-refractivity contribution in [3.8, 4) is 0 Å². The SMILES string of the molecule is CCN(CC)C(CNc1ncc(I)cn1)c1ccccc1. The highest BCUT2D eigenvalue weighted by Gasteiger charge is 2.17. The first-order chi connectivity index (χ1) is 10.2. The lowest BCUT2D eigenvalue weighted by Gasteiger charge is -2.30. The second-order valence-electron chi connectivity index (χ2n) is 4.75. The first kappa shape index (κ1) is 16.2. The van der Waals surface area contributed by atoms with E-state index < -0.39 is 0 Å². The van der Waals surface area contributed by atoms with Crippen LogP contribution in [0.5, 0.6) is 0 Å². The van der Waals surface area contributed by atoms with E-state index in [-0.39, 0.29) is 0 Å². The second kappa shape index (κ2) is 8.29. The molecule has 2 aromatic rings. The summed E-state index contributed by atoms with van der Waals surface area (Å²) in [6.07, 6.45) is 3.65. The van der Waals surface area contributed by atoms with Gasteiger partial charge in [0.25, 0.3) is 0 Å². The summed E-state index contributed by atoms with van der Waals surface area (Å²) in [6, 6.07) is 10.9. The number of likely N-dealkylation sites (N-methyl/N-ethyl adjacent to an activating group) is 1. The molecule has 0 saturated carbocycles. The van der Waals surface area contributed by atoms with Gasteiger partial charge in [-0.3, -0.25) is 4.90 Å². The Morgan fingerprint density at radius 1 is 1.10 bits per heavy atom. The zero-order valence-electron chi connectivity index (χ0n) is 12.5. The smallest absolute Gasteiger partial charge is 0.222 e. The van der Waals surface area contributed by atoms with Crippen molar-refractivity contribution in [1.82, 2.24) is 14.9 Å². The fourth-order valence-corrected chi connectivity index (χ4v) is 2.67. The highest BCUT2D eigenvalue weighted by Crippen LogP contribution is 2.20. The predicted molar refractivity (Wildman–Crippen MR) is 95.3 cm³/mol. The van der Waals surface area contributed by atoms with Crippen LogP contribution in [0.2, 0.25) is 0 Å². The van der Waals surface area contributed by atoms with Crippen LogP contribution in [0.3, 0.4) is 0 Å². The van der Waals surface area contributed by atoms with Gasteiger partial charge < -0.3 is 5.32 Å². The van der Waals surface area contributed by atoms with Gasteiger partial charge in [0, 0.05) is 22.5 Å². The molecule has 0 fully saturated rings. The zero-order chi connectivity index (χ0) is 15.1. The molecule has 0 amide bonds. The van der Waals surface area contributed by atoms with Crippen molar-refractivity contribution in [2.24, 2.45) is 0 Å². The van der Waals surface area contributed by atoms with Gasteiger partial charge in [-0.15, -0.1) is 0 Å². The lowest BCUT2D eigenvalue weighted by molar-refractivity contribution is 0.228. The maximum absolute atomic E-state index is 4.31. The van der Waals surface area contributed by atoms with Crippen LogP contribution in [0, 0.1) is 3.57 Å². The monoisotopic (exact) mass is 396 g/mol. The molecule has 0 radical (unpaired) electrons. The second-order valence-corrected chi connectivity index (χ2v) is 6.00. The van der Waals surface area contributed by atoms with Gasteiger partial charge in [-0.25, -0.2) is 9.97 Å². The fraction of sp³-hybridized carbons (Fsp3) is 0.375. The Morgan fingerprint density at radius 3 is 2.29 bits per heavy atom. The van der Waals surface area contributed by atoms with Gasteiger partial charge in [0.05, 0.1) is 6.04 Å². The molecule has 0 aliphatic heterocycles. The molecule has 1 aromatic carbocycles. The largest absolute Gasteiger partial charge is 0.352 e. The molecule has 1 heterocycles. The number of nitrogens with one attached hydrogen (secondary N) is 1. The van der Waals surface area contributed by atoms with E-state index in [1.807, 2.05) is 12.4 Å². The third-order valence-electron chi connectivity index (χ3n) is 3.51. The molecule has 2 rings (SSSR count). The van der Waals surface area contributed by atoms with Crippen LogP contribution in [-0.2, 0) is 0 Å².